The lowest BCUT2D eigenvalue weighted by Crippen LogP contribution is -2.13. The summed E-state index contributed by atoms with van der Waals surface area (Å²) in [6.45, 7) is 1.65. The number of hydrogen-bond donors (Lipinski definition) is 1. The van der Waals surface area contributed by atoms with Crippen molar-refractivity contribution in [3.63, 3.8) is 0 Å². The van der Waals surface area contributed by atoms with Crippen molar-refractivity contribution in [2.75, 3.05) is 0 Å². The van der Waals surface area contributed by atoms with Gasteiger partial charge in [-0.3, -0.25) is 4.79 Å². The number of rotatable bonds is 2. The van der Waals surface area contributed by atoms with E-state index in [-0.39, 0.29) is 12.2 Å². The Morgan fingerprint density at radius 1 is 1.58 bits per heavy atom. The van der Waals surface area contributed by atoms with E-state index in [4.69, 9.17) is 5.73 Å². The number of amides is 1. The minimum absolute atomic E-state index is 0.168. The molecule has 12 heavy (non-hydrogen) atoms. The highest BCUT2D eigenvalue weighted by atomic mass is 19.1. The zero-order chi connectivity index (χ0) is 9.14. The van der Waals surface area contributed by atoms with E-state index in [2.05, 4.69) is 0 Å². The fourth-order valence-corrected chi connectivity index (χ4v) is 1.02. The Bertz CT molecular complexity index is 309. The first-order valence-electron chi connectivity index (χ1n) is 3.63. The molecule has 0 aromatic heterocycles. The molecular formula is C9H10FNO. The molecule has 0 saturated heterocycles. The number of primary amides is 1. The van der Waals surface area contributed by atoms with Crippen LogP contribution in [0.4, 0.5) is 4.39 Å². The van der Waals surface area contributed by atoms with Crippen LogP contribution in [0.5, 0.6) is 0 Å². The standard InChI is InChI=1S/C9H10FNO/c1-6-4-7(5-9(11)12)2-3-8(6)10/h2-4H,5H2,1H3,(H2,11,12). The van der Waals surface area contributed by atoms with Crippen molar-refractivity contribution < 1.29 is 9.18 Å². The van der Waals surface area contributed by atoms with Crippen molar-refractivity contribution in [1.82, 2.24) is 0 Å². The van der Waals surface area contributed by atoms with E-state index in [1.165, 1.54) is 6.07 Å². The molecular weight excluding hydrogens is 157 g/mol. The summed E-state index contributed by atoms with van der Waals surface area (Å²) in [6.07, 6.45) is 0.168. The quantitative estimate of drug-likeness (QED) is 0.705. The Hall–Kier alpha value is -1.38. The van der Waals surface area contributed by atoms with Crippen molar-refractivity contribution >= 4 is 5.91 Å². The molecule has 1 aromatic carbocycles. The van der Waals surface area contributed by atoms with Crippen LogP contribution >= 0.6 is 0 Å². The molecule has 2 nitrogen and oxygen atoms in total. The van der Waals surface area contributed by atoms with E-state index in [0.717, 1.165) is 5.56 Å². The Labute approximate surface area is 70.2 Å². The number of halogens is 1. The molecule has 0 saturated carbocycles. The molecule has 64 valence electrons. The molecule has 0 spiro atoms. The van der Waals surface area contributed by atoms with Gasteiger partial charge in [0.15, 0.2) is 0 Å². The molecule has 1 amide bonds. The van der Waals surface area contributed by atoms with Gasteiger partial charge in [0.25, 0.3) is 0 Å². The van der Waals surface area contributed by atoms with Crippen molar-refractivity contribution in [1.29, 1.82) is 0 Å². The number of hydrogen-bond acceptors (Lipinski definition) is 1. The van der Waals surface area contributed by atoms with Crippen LogP contribution in [0.3, 0.4) is 0 Å². The molecule has 0 radical (unpaired) electrons. The van der Waals surface area contributed by atoms with Crippen molar-refractivity contribution in [3.8, 4) is 0 Å². The first-order chi connectivity index (χ1) is 5.59. The lowest BCUT2D eigenvalue weighted by Gasteiger charge is -1.99. The average molecular weight is 167 g/mol. The Morgan fingerprint density at radius 3 is 2.75 bits per heavy atom. The van der Waals surface area contributed by atoms with E-state index in [1.54, 1.807) is 19.1 Å². The zero-order valence-corrected chi connectivity index (χ0v) is 6.80. The summed E-state index contributed by atoms with van der Waals surface area (Å²) >= 11 is 0. The molecule has 1 rings (SSSR count). The number of nitrogens with two attached hydrogens (primary N) is 1. The molecule has 1 aromatic rings. The Balaban J connectivity index is 2.89. The van der Waals surface area contributed by atoms with Crippen LogP contribution in [0.15, 0.2) is 18.2 Å². The summed E-state index contributed by atoms with van der Waals surface area (Å²) in [5.74, 6) is -0.663. The second kappa shape index (κ2) is 3.34. The summed E-state index contributed by atoms with van der Waals surface area (Å²) in [6, 6.07) is 4.53. The molecule has 0 aliphatic heterocycles. The molecule has 0 atom stereocenters. The van der Waals surface area contributed by atoms with Crippen LogP contribution in [0.2, 0.25) is 0 Å². The van der Waals surface area contributed by atoms with Gasteiger partial charge in [0, 0.05) is 0 Å². The molecule has 2 N–H and O–H groups in total. The Morgan fingerprint density at radius 2 is 2.25 bits per heavy atom. The van der Waals surface area contributed by atoms with Gasteiger partial charge in [-0.15, -0.1) is 0 Å². The van der Waals surface area contributed by atoms with Gasteiger partial charge >= 0.3 is 0 Å². The lowest BCUT2D eigenvalue weighted by molar-refractivity contribution is -0.117. The van der Waals surface area contributed by atoms with E-state index >= 15 is 0 Å². The molecule has 0 unspecified atom stereocenters. The number of carbonyl (C=O) groups is 1. The van der Waals surface area contributed by atoms with Crippen LogP contribution < -0.4 is 5.73 Å². The third kappa shape index (κ3) is 2.05. The van der Waals surface area contributed by atoms with E-state index in [9.17, 15) is 9.18 Å². The van der Waals surface area contributed by atoms with E-state index in [0.29, 0.717) is 5.56 Å². The van der Waals surface area contributed by atoms with Gasteiger partial charge in [-0.25, -0.2) is 4.39 Å². The maximum Gasteiger partial charge on any atom is 0.221 e. The summed E-state index contributed by atoms with van der Waals surface area (Å²) in [5, 5.41) is 0. The van der Waals surface area contributed by atoms with Gasteiger partial charge in [0.05, 0.1) is 6.42 Å². The molecule has 0 aliphatic rings. The zero-order valence-electron chi connectivity index (χ0n) is 6.80. The largest absolute Gasteiger partial charge is 0.369 e. The summed E-state index contributed by atoms with van der Waals surface area (Å²) in [4.78, 5) is 10.5. The third-order valence-corrected chi connectivity index (χ3v) is 1.60. The van der Waals surface area contributed by atoms with E-state index in [1.807, 2.05) is 0 Å². The van der Waals surface area contributed by atoms with Crippen molar-refractivity contribution in [2.24, 2.45) is 5.73 Å². The smallest absolute Gasteiger partial charge is 0.221 e. The minimum Gasteiger partial charge on any atom is -0.369 e. The van der Waals surface area contributed by atoms with Gasteiger partial charge < -0.3 is 5.73 Å². The van der Waals surface area contributed by atoms with Gasteiger partial charge in [0.1, 0.15) is 5.82 Å². The van der Waals surface area contributed by atoms with Crippen LogP contribution in [-0.2, 0) is 11.2 Å². The lowest BCUT2D eigenvalue weighted by atomic mass is 10.1. The predicted molar refractivity (Wildman–Crippen MR) is 44.0 cm³/mol. The van der Waals surface area contributed by atoms with Crippen LogP contribution in [0, 0.1) is 12.7 Å². The molecule has 0 aliphatic carbocycles. The van der Waals surface area contributed by atoms with E-state index < -0.39 is 5.91 Å². The number of benzene rings is 1. The second-order valence-corrected chi connectivity index (χ2v) is 2.73. The maximum absolute atomic E-state index is 12.7. The fourth-order valence-electron chi connectivity index (χ4n) is 1.02. The van der Waals surface area contributed by atoms with Crippen LogP contribution in [-0.4, -0.2) is 5.91 Å². The normalized spacial score (nSPS) is 9.83. The average Bonchev–Trinajstić information content (AvgIpc) is 1.96. The van der Waals surface area contributed by atoms with Gasteiger partial charge in [-0.05, 0) is 24.1 Å². The molecule has 0 heterocycles. The fraction of sp³-hybridized carbons (Fsp3) is 0.222. The van der Waals surface area contributed by atoms with Gasteiger partial charge in [0.2, 0.25) is 5.91 Å². The highest BCUT2D eigenvalue weighted by Gasteiger charge is 2.01. The second-order valence-electron chi connectivity index (χ2n) is 2.73. The number of aryl methyl sites for hydroxylation is 1. The maximum atomic E-state index is 12.7. The Kier molecular flexibility index (Phi) is 2.43. The van der Waals surface area contributed by atoms with Gasteiger partial charge in [-0.1, -0.05) is 12.1 Å². The minimum atomic E-state index is -0.402. The molecule has 0 fully saturated rings. The summed E-state index contributed by atoms with van der Waals surface area (Å²) < 4.78 is 12.7. The van der Waals surface area contributed by atoms with Gasteiger partial charge in [-0.2, -0.15) is 0 Å². The first kappa shape index (κ1) is 8.71. The monoisotopic (exact) mass is 167 g/mol. The number of carbonyl (C=O) groups excluding carboxylic acids is 1. The first-order valence-corrected chi connectivity index (χ1v) is 3.63. The van der Waals surface area contributed by atoms with Crippen molar-refractivity contribution in [2.45, 2.75) is 13.3 Å². The van der Waals surface area contributed by atoms with Crippen LogP contribution in [0.1, 0.15) is 11.1 Å². The SMILES string of the molecule is Cc1cc(CC(N)=O)ccc1F. The van der Waals surface area contributed by atoms with Crippen LogP contribution in [0.25, 0.3) is 0 Å². The summed E-state index contributed by atoms with van der Waals surface area (Å²) in [5.41, 5.74) is 6.27. The predicted octanol–water partition coefficient (Wildman–Crippen LogP) is 1.16. The third-order valence-electron chi connectivity index (χ3n) is 1.60. The molecule has 3 heteroatoms. The summed E-state index contributed by atoms with van der Waals surface area (Å²) in [7, 11) is 0. The topological polar surface area (TPSA) is 43.1 Å². The molecule has 0 bridgehead atoms. The highest BCUT2D eigenvalue weighted by Crippen LogP contribution is 2.09. The highest BCUT2D eigenvalue weighted by molar-refractivity contribution is 5.76. The van der Waals surface area contributed by atoms with Crippen molar-refractivity contribution in [3.05, 3.63) is 35.1 Å².